The van der Waals surface area contributed by atoms with E-state index in [0.29, 0.717) is 11.4 Å². The molecular formula is C23H29N3O5S. The number of hydrogen-bond acceptors (Lipinski definition) is 5. The fourth-order valence-electron chi connectivity index (χ4n) is 3.83. The van der Waals surface area contributed by atoms with Crippen LogP contribution in [0.2, 0.25) is 0 Å². The molecule has 0 aromatic heterocycles. The first-order valence-electron chi connectivity index (χ1n) is 10.2. The minimum absolute atomic E-state index is 0.172. The van der Waals surface area contributed by atoms with Crippen LogP contribution >= 0.6 is 0 Å². The molecule has 9 heteroatoms. The van der Waals surface area contributed by atoms with E-state index >= 15 is 0 Å². The highest BCUT2D eigenvalue weighted by atomic mass is 32.2. The predicted octanol–water partition coefficient (Wildman–Crippen LogP) is 2.00. The molecule has 1 fully saturated rings. The first-order chi connectivity index (χ1) is 15.0. The van der Waals surface area contributed by atoms with Crippen LogP contribution in [0, 0.1) is 13.8 Å². The molecule has 2 aromatic rings. The smallest absolute Gasteiger partial charge is 0.247 e. The van der Waals surface area contributed by atoms with Gasteiger partial charge in [0.05, 0.1) is 25.6 Å². The van der Waals surface area contributed by atoms with E-state index in [1.54, 1.807) is 19.1 Å². The number of aryl methyl sites for hydroxylation is 2. The summed E-state index contributed by atoms with van der Waals surface area (Å²) in [5.74, 6) is -0.531. The zero-order chi connectivity index (χ0) is 23.7. The van der Waals surface area contributed by atoms with Crippen molar-refractivity contribution in [2.24, 2.45) is 0 Å². The fourth-order valence-corrected chi connectivity index (χ4v) is 4.66. The van der Waals surface area contributed by atoms with Gasteiger partial charge in [0.1, 0.15) is 11.3 Å². The Bertz CT molecular complexity index is 1130. The minimum atomic E-state index is -3.69. The topological polar surface area (TPSA) is 96.0 Å². The van der Waals surface area contributed by atoms with Gasteiger partial charge in [-0.3, -0.25) is 14.5 Å². The van der Waals surface area contributed by atoms with Crippen LogP contribution in [0.1, 0.15) is 23.6 Å². The maximum atomic E-state index is 13.5. The standard InChI is InChI=1S/C23H29N3O5S/c1-16-6-9-18(10-7-16)13-24-22(28)23(3)15-25(32(5,29)30)14-21(27)26(23)19-12-17(2)8-11-20(19)31-4/h6-12H,13-15H2,1-5H3,(H,24,28)/t23-/m1/s1. The molecular weight excluding hydrogens is 430 g/mol. The second kappa shape index (κ2) is 8.91. The van der Waals surface area contributed by atoms with E-state index < -0.39 is 27.4 Å². The number of sulfonamides is 1. The first-order valence-corrected chi connectivity index (χ1v) is 12.1. The lowest BCUT2D eigenvalue weighted by molar-refractivity contribution is -0.133. The van der Waals surface area contributed by atoms with Crippen molar-refractivity contribution < 1.29 is 22.7 Å². The monoisotopic (exact) mass is 459 g/mol. The molecule has 0 aliphatic carbocycles. The Morgan fingerprint density at radius 3 is 2.34 bits per heavy atom. The van der Waals surface area contributed by atoms with Crippen LogP contribution in [0.5, 0.6) is 5.75 Å². The summed E-state index contributed by atoms with van der Waals surface area (Å²) in [6.07, 6.45) is 1.04. The molecule has 1 atom stereocenters. The summed E-state index contributed by atoms with van der Waals surface area (Å²) in [6.45, 7) is 5.15. The van der Waals surface area contributed by atoms with Gasteiger partial charge in [-0.2, -0.15) is 4.31 Å². The largest absolute Gasteiger partial charge is 0.495 e. The molecule has 0 unspecified atom stereocenters. The van der Waals surface area contributed by atoms with Crippen LogP contribution in [0.3, 0.4) is 0 Å². The van der Waals surface area contributed by atoms with Gasteiger partial charge in [0.2, 0.25) is 21.8 Å². The second-order valence-corrected chi connectivity index (χ2v) is 10.4. The zero-order valence-corrected chi connectivity index (χ0v) is 19.8. The van der Waals surface area contributed by atoms with E-state index in [-0.39, 0.29) is 19.6 Å². The van der Waals surface area contributed by atoms with E-state index in [1.807, 2.05) is 44.2 Å². The molecule has 0 radical (unpaired) electrons. The number of nitrogens with one attached hydrogen (secondary N) is 1. The highest BCUT2D eigenvalue weighted by Gasteiger charge is 2.51. The van der Waals surface area contributed by atoms with Gasteiger partial charge in [-0.1, -0.05) is 35.9 Å². The zero-order valence-electron chi connectivity index (χ0n) is 19.0. The van der Waals surface area contributed by atoms with E-state index in [4.69, 9.17) is 4.74 Å². The van der Waals surface area contributed by atoms with E-state index in [2.05, 4.69) is 5.32 Å². The van der Waals surface area contributed by atoms with Crippen molar-refractivity contribution in [3.63, 3.8) is 0 Å². The number of nitrogens with zero attached hydrogens (tertiary/aromatic N) is 2. The summed E-state index contributed by atoms with van der Waals surface area (Å²) in [7, 11) is -2.20. The molecule has 2 aromatic carbocycles. The molecule has 2 amide bonds. The number of carbonyl (C=O) groups is 2. The highest BCUT2D eigenvalue weighted by molar-refractivity contribution is 7.88. The summed E-state index contributed by atoms with van der Waals surface area (Å²) < 4.78 is 31.0. The average Bonchev–Trinajstić information content (AvgIpc) is 2.72. The Labute approximate surface area is 189 Å². The Balaban J connectivity index is 2.02. The van der Waals surface area contributed by atoms with Crippen molar-refractivity contribution in [1.29, 1.82) is 0 Å². The first kappa shape index (κ1) is 23.7. The van der Waals surface area contributed by atoms with E-state index in [9.17, 15) is 18.0 Å². The number of carbonyl (C=O) groups excluding carboxylic acids is 2. The molecule has 8 nitrogen and oxygen atoms in total. The number of hydrogen-bond donors (Lipinski definition) is 1. The lowest BCUT2D eigenvalue weighted by Crippen LogP contribution is -2.70. The molecule has 0 spiro atoms. The molecule has 0 bridgehead atoms. The molecule has 1 aliphatic heterocycles. The average molecular weight is 460 g/mol. The Morgan fingerprint density at radius 2 is 1.75 bits per heavy atom. The molecule has 1 aliphatic rings. The summed E-state index contributed by atoms with van der Waals surface area (Å²) in [4.78, 5) is 28.1. The molecule has 0 saturated carbocycles. The summed E-state index contributed by atoms with van der Waals surface area (Å²) in [5, 5.41) is 2.88. The lowest BCUT2D eigenvalue weighted by Gasteiger charge is -2.46. The van der Waals surface area contributed by atoms with Gasteiger partial charge < -0.3 is 10.1 Å². The molecule has 1 saturated heterocycles. The highest BCUT2D eigenvalue weighted by Crippen LogP contribution is 2.37. The summed E-state index contributed by atoms with van der Waals surface area (Å²) in [5.41, 5.74) is 1.82. The van der Waals surface area contributed by atoms with Gasteiger partial charge in [0.25, 0.3) is 0 Å². The lowest BCUT2D eigenvalue weighted by atomic mass is 9.93. The molecule has 1 N–H and O–H groups in total. The van der Waals surface area contributed by atoms with Crippen molar-refractivity contribution in [2.75, 3.05) is 31.4 Å². The van der Waals surface area contributed by atoms with Crippen molar-refractivity contribution in [2.45, 2.75) is 32.9 Å². The molecule has 1 heterocycles. The molecule has 32 heavy (non-hydrogen) atoms. The van der Waals surface area contributed by atoms with Crippen LogP contribution in [-0.4, -0.2) is 56.5 Å². The van der Waals surface area contributed by atoms with Crippen LogP contribution in [0.25, 0.3) is 0 Å². The van der Waals surface area contributed by atoms with Gasteiger partial charge in [-0.05, 0) is 44.0 Å². The van der Waals surface area contributed by atoms with E-state index in [0.717, 1.165) is 27.3 Å². The van der Waals surface area contributed by atoms with Crippen LogP contribution in [0.15, 0.2) is 42.5 Å². The van der Waals surface area contributed by atoms with Crippen LogP contribution < -0.4 is 15.0 Å². The Kier molecular flexibility index (Phi) is 6.61. The Morgan fingerprint density at radius 1 is 1.12 bits per heavy atom. The number of amides is 2. The van der Waals surface area contributed by atoms with Crippen LogP contribution in [-0.2, 0) is 26.2 Å². The number of piperazine rings is 1. The third-order valence-corrected chi connectivity index (χ3v) is 6.84. The maximum absolute atomic E-state index is 13.5. The third kappa shape index (κ3) is 4.78. The number of ether oxygens (including phenoxy) is 1. The molecule has 3 rings (SSSR count). The van der Waals surface area contributed by atoms with Gasteiger partial charge in [0.15, 0.2) is 0 Å². The molecule has 172 valence electrons. The summed E-state index contributed by atoms with van der Waals surface area (Å²) >= 11 is 0. The van der Waals surface area contributed by atoms with E-state index in [1.165, 1.54) is 12.0 Å². The fraction of sp³-hybridized carbons (Fsp3) is 0.391. The van der Waals surface area contributed by atoms with Gasteiger partial charge in [-0.15, -0.1) is 0 Å². The van der Waals surface area contributed by atoms with Crippen molar-refractivity contribution in [3.05, 3.63) is 59.2 Å². The van der Waals surface area contributed by atoms with Gasteiger partial charge in [0, 0.05) is 13.1 Å². The number of anilines is 1. The van der Waals surface area contributed by atoms with Crippen molar-refractivity contribution in [1.82, 2.24) is 9.62 Å². The third-order valence-electron chi connectivity index (χ3n) is 5.65. The maximum Gasteiger partial charge on any atom is 0.247 e. The second-order valence-electron chi connectivity index (χ2n) is 8.38. The summed E-state index contributed by atoms with van der Waals surface area (Å²) in [6, 6.07) is 13.0. The van der Waals surface area contributed by atoms with Crippen LogP contribution in [0.4, 0.5) is 5.69 Å². The van der Waals surface area contributed by atoms with Crippen molar-refractivity contribution >= 4 is 27.5 Å². The SMILES string of the molecule is COc1ccc(C)cc1N1C(=O)CN(S(C)(=O)=O)C[C@]1(C)C(=O)NCc1ccc(C)cc1. The Hall–Kier alpha value is -2.91. The number of methoxy groups -OCH3 is 1. The predicted molar refractivity (Wildman–Crippen MR) is 123 cm³/mol. The number of benzene rings is 2. The van der Waals surface area contributed by atoms with Gasteiger partial charge in [-0.25, -0.2) is 8.42 Å². The quantitative estimate of drug-likeness (QED) is 0.713. The number of rotatable bonds is 6. The van der Waals surface area contributed by atoms with Gasteiger partial charge >= 0.3 is 0 Å². The van der Waals surface area contributed by atoms with Crippen molar-refractivity contribution in [3.8, 4) is 5.75 Å². The minimum Gasteiger partial charge on any atom is -0.495 e. The normalized spacial score (nSPS) is 19.7.